The Morgan fingerprint density at radius 3 is 2.22 bits per heavy atom. The van der Waals surface area contributed by atoms with Crippen molar-refractivity contribution in [1.82, 2.24) is 4.90 Å². The Bertz CT molecular complexity index is 829. The molecule has 0 aliphatic heterocycles. The van der Waals surface area contributed by atoms with Crippen LogP contribution in [0.4, 0.5) is 10.1 Å². The quantitative estimate of drug-likeness (QED) is 0.791. The maximum absolute atomic E-state index is 12.8. The van der Waals surface area contributed by atoms with Gasteiger partial charge in [-0.1, -0.05) is 17.2 Å². The molecule has 142 valence electrons. The Labute approximate surface area is 156 Å². The number of aryl methyl sites for hydroxylation is 2. The monoisotopic (exact) mass is 372 g/mol. The molecule has 6 nitrogen and oxygen atoms in total. The number of hydrogen-bond acceptors (Lipinski definition) is 4. The number of amides is 2. The predicted molar refractivity (Wildman–Crippen MR) is 98.9 cm³/mol. The summed E-state index contributed by atoms with van der Waals surface area (Å²) >= 11 is 0. The molecule has 0 aromatic heterocycles. The number of likely N-dealkylation sites (N-methyl/N-ethyl adjacent to an activating group) is 1. The van der Waals surface area contributed by atoms with Crippen molar-refractivity contribution in [3.05, 3.63) is 65.0 Å². The summed E-state index contributed by atoms with van der Waals surface area (Å²) in [7, 11) is 1.43. The van der Waals surface area contributed by atoms with Crippen molar-refractivity contribution in [3.63, 3.8) is 0 Å². The molecule has 0 fully saturated rings. The minimum atomic E-state index is -0.598. The smallest absolute Gasteiger partial charge is 0.338 e. The second-order valence-electron chi connectivity index (χ2n) is 6.26. The molecule has 0 heterocycles. The van der Waals surface area contributed by atoms with Gasteiger partial charge in [-0.2, -0.15) is 0 Å². The summed E-state index contributed by atoms with van der Waals surface area (Å²) in [5.41, 5.74) is 2.63. The molecule has 0 radical (unpaired) electrons. The molecule has 7 heteroatoms. The first kappa shape index (κ1) is 20.1. The minimum absolute atomic E-state index is 0.225. The van der Waals surface area contributed by atoms with Crippen molar-refractivity contribution in [1.29, 1.82) is 0 Å². The van der Waals surface area contributed by atoms with E-state index in [0.717, 1.165) is 16.0 Å². The number of carbonyl (C=O) groups is 3. The fourth-order valence-electron chi connectivity index (χ4n) is 2.45. The van der Waals surface area contributed by atoms with Gasteiger partial charge in [0.1, 0.15) is 5.82 Å². The van der Waals surface area contributed by atoms with Crippen molar-refractivity contribution in [2.45, 2.75) is 13.8 Å². The van der Waals surface area contributed by atoms with Gasteiger partial charge in [0.2, 0.25) is 5.91 Å². The van der Waals surface area contributed by atoms with Crippen molar-refractivity contribution in [2.75, 3.05) is 25.5 Å². The molecule has 0 saturated carbocycles. The minimum Gasteiger partial charge on any atom is -0.452 e. The zero-order chi connectivity index (χ0) is 20.0. The summed E-state index contributed by atoms with van der Waals surface area (Å²) in [5.74, 6) is -1.97. The predicted octanol–water partition coefficient (Wildman–Crippen LogP) is 2.70. The average molecular weight is 372 g/mol. The van der Waals surface area contributed by atoms with Gasteiger partial charge in [0, 0.05) is 12.7 Å². The van der Waals surface area contributed by atoms with E-state index in [1.807, 2.05) is 19.9 Å². The van der Waals surface area contributed by atoms with Crippen LogP contribution in [0.5, 0.6) is 0 Å². The van der Waals surface area contributed by atoms with Gasteiger partial charge in [0.15, 0.2) is 6.61 Å². The number of rotatable bonds is 6. The van der Waals surface area contributed by atoms with Gasteiger partial charge in [0.25, 0.3) is 5.91 Å². The zero-order valence-corrected chi connectivity index (χ0v) is 15.4. The van der Waals surface area contributed by atoms with E-state index in [1.165, 1.54) is 31.3 Å². The maximum atomic E-state index is 12.8. The number of esters is 1. The molecule has 1 N–H and O–H groups in total. The fourth-order valence-corrected chi connectivity index (χ4v) is 2.45. The molecule has 0 unspecified atom stereocenters. The standard InChI is InChI=1S/C20H21FN2O4/c1-13-8-14(2)10-15(9-13)20(26)27-12-19(25)23(3)11-18(24)22-17-6-4-16(21)5-7-17/h4-10H,11-12H2,1-3H3,(H,22,24). The van der Waals surface area contributed by atoms with Crippen molar-refractivity contribution in [3.8, 4) is 0 Å². The van der Waals surface area contributed by atoms with Crippen molar-refractivity contribution in [2.24, 2.45) is 0 Å². The van der Waals surface area contributed by atoms with E-state index >= 15 is 0 Å². The molecule has 2 aromatic rings. The van der Waals surface area contributed by atoms with Crippen molar-refractivity contribution < 1.29 is 23.5 Å². The summed E-state index contributed by atoms with van der Waals surface area (Å²) in [6.07, 6.45) is 0. The number of nitrogens with zero attached hydrogens (tertiary/aromatic N) is 1. The highest BCUT2D eigenvalue weighted by Gasteiger charge is 2.16. The lowest BCUT2D eigenvalue weighted by atomic mass is 10.1. The first-order valence-corrected chi connectivity index (χ1v) is 8.29. The topological polar surface area (TPSA) is 75.7 Å². The number of anilines is 1. The zero-order valence-electron chi connectivity index (χ0n) is 15.4. The van der Waals surface area contributed by atoms with Crippen LogP contribution < -0.4 is 5.32 Å². The SMILES string of the molecule is Cc1cc(C)cc(C(=O)OCC(=O)N(C)CC(=O)Nc2ccc(F)cc2)c1. The largest absolute Gasteiger partial charge is 0.452 e. The van der Waals surface area contributed by atoms with Crippen LogP contribution in [0.2, 0.25) is 0 Å². The van der Waals surface area contributed by atoms with Crippen LogP contribution in [0.15, 0.2) is 42.5 Å². The second kappa shape index (κ2) is 8.93. The van der Waals surface area contributed by atoms with E-state index < -0.39 is 30.2 Å². The Balaban J connectivity index is 1.83. The third kappa shape index (κ3) is 6.22. The van der Waals surface area contributed by atoms with Crippen LogP contribution in [-0.2, 0) is 14.3 Å². The van der Waals surface area contributed by atoms with Gasteiger partial charge in [-0.05, 0) is 50.2 Å². The summed E-state index contributed by atoms with van der Waals surface area (Å²) in [6.45, 7) is 3.04. The van der Waals surface area contributed by atoms with E-state index in [1.54, 1.807) is 12.1 Å². The number of hydrogen-bond donors (Lipinski definition) is 1. The van der Waals surface area contributed by atoms with Gasteiger partial charge in [-0.25, -0.2) is 9.18 Å². The molecule has 27 heavy (non-hydrogen) atoms. The van der Waals surface area contributed by atoms with Crippen LogP contribution in [0.25, 0.3) is 0 Å². The number of benzene rings is 2. The lowest BCUT2D eigenvalue weighted by Gasteiger charge is -2.17. The lowest BCUT2D eigenvalue weighted by molar-refractivity contribution is -0.136. The summed E-state index contributed by atoms with van der Waals surface area (Å²) in [4.78, 5) is 37.2. The average Bonchev–Trinajstić information content (AvgIpc) is 2.60. The van der Waals surface area contributed by atoms with Crippen LogP contribution in [0.3, 0.4) is 0 Å². The van der Waals surface area contributed by atoms with Crippen LogP contribution in [0.1, 0.15) is 21.5 Å². The van der Waals surface area contributed by atoms with Crippen molar-refractivity contribution >= 4 is 23.5 Å². The van der Waals surface area contributed by atoms with E-state index in [2.05, 4.69) is 5.32 Å². The van der Waals surface area contributed by atoms with Gasteiger partial charge in [-0.3, -0.25) is 9.59 Å². The highest BCUT2D eigenvalue weighted by Crippen LogP contribution is 2.10. The van der Waals surface area contributed by atoms with E-state index in [-0.39, 0.29) is 6.54 Å². The lowest BCUT2D eigenvalue weighted by Crippen LogP contribution is -2.37. The normalized spacial score (nSPS) is 10.2. The molecule has 2 aromatic carbocycles. The molecule has 0 spiro atoms. The van der Waals surface area contributed by atoms with Gasteiger partial charge < -0.3 is 15.0 Å². The third-order valence-corrected chi connectivity index (χ3v) is 3.72. The molecular weight excluding hydrogens is 351 g/mol. The molecule has 0 aliphatic carbocycles. The Hall–Kier alpha value is -3.22. The van der Waals surface area contributed by atoms with Gasteiger partial charge >= 0.3 is 5.97 Å². The summed E-state index contributed by atoms with van der Waals surface area (Å²) in [6, 6.07) is 10.6. The van der Waals surface area contributed by atoms with E-state index in [0.29, 0.717) is 11.3 Å². The first-order chi connectivity index (χ1) is 12.7. The Morgan fingerprint density at radius 2 is 1.63 bits per heavy atom. The van der Waals surface area contributed by atoms with E-state index in [4.69, 9.17) is 4.74 Å². The summed E-state index contributed by atoms with van der Waals surface area (Å²) in [5, 5.41) is 2.55. The Kier molecular flexibility index (Phi) is 6.65. The van der Waals surface area contributed by atoms with Gasteiger partial charge in [0.05, 0.1) is 12.1 Å². The molecule has 0 saturated heterocycles. The molecular formula is C20H21FN2O4. The van der Waals surface area contributed by atoms with Crippen LogP contribution in [-0.4, -0.2) is 42.9 Å². The highest BCUT2D eigenvalue weighted by molar-refractivity contribution is 5.95. The fraction of sp³-hybridized carbons (Fsp3) is 0.250. The number of halogens is 1. The third-order valence-electron chi connectivity index (χ3n) is 3.72. The first-order valence-electron chi connectivity index (χ1n) is 8.29. The number of carbonyl (C=O) groups excluding carboxylic acids is 3. The molecule has 2 rings (SSSR count). The molecule has 2 amide bonds. The Morgan fingerprint density at radius 1 is 1.04 bits per heavy atom. The molecule has 0 bridgehead atoms. The maximum Gasteiger partial charge on any atom is 0.338 e. The number of nitrogens with one attached hydrogen (secondary N) is 1. The van der Waals surface area contributed by atoms with Gasteiger partial charge in [-0.15, -0.1) is 0 Å². The van der Waals surface area contributed by atoms with Crippen LogP contribution in [0, 0.1) is 19.7 Å². The molecule has 0 aliphatic rings. The summed E-state index contributed by atoms with van der Waals surface area (Å²) < 4.78 is 17.9. The number of ether oxygens (including phenoxy) is 1. The molecule has 0 atom stereocenters. The second-order valence-corrected chi connectivity index (χ2v) is 6.26. The van der Waals surface area contributed by atoms with Crippen LogP contribution >= 0.6 is 0 Å². The highest BCUT2D eigenvalue weighted by atomic mass is 19.1. The van der Waals surface area contributed by atoms with E-state index in [9.17, 15) is 18.8 Å².